The van der Waals surface area contributed by atoms with Gasteiger partial charge in [0.1, 0.15) is 11.0 Å². The van der Waals surface area contributed by atoms with Crippen LogP contribution in [-0.2, 0) is 0 Å². The molecular formula is C13H9N5O4. The number of nitrogens with two attached hydrogens (primary N) is 1. The van der Waals surface area contributed by atoms with E-state index < -0.39 is 16.3 Å². The Morgan fingerprint density at radius 1 is 1.36 bits per heavy atom. The third-order valence-electron chi connectivity index (χ3n) is 3.12. The van der Waals surface area contributed by atoms with E-state index in [1.54, 1.807) is 0 Å². The summed E-state index contributed by atoms with van der Waals surface area (Å²) in [5.74, 6) is -0.613. The highest BCUT2D eigenvalue weighted by molar-refractivity contribution is 6.15. The number of aromatic nitrogens is 3. The van der Waals surface area contributed by atoms with Crippen LogP contribution < -0.4 is 11.3 Å². The summed E-state index contributed by atoms with van der Waals surface area (Å²) in [4.78, 5) is 43.3. The molecular weight excluding hydrogens is 290 g/mol. The van der Waals surface area contributed by atoms with Gasteiger partial charge in [-0.25, -0.2) is 4.98 Å². The zero-order valence-corrected chi connectivity index (χ0v) is 11.0. The van der Waals surface area contributed by atoms with Crippen molar-refractivity contribution in [1.29, 1.82) is 0 Å². The number of carbonyl (C=O) groups excluding carboxylic acids is 1. The molecule has 0 bridgehead atoms. The molecule has 0 aliphatic heterocycles. The summed E-state index contributed by atoms with van der Waals surface area (Å²) in [6.07, 6.45) is 1.33. The lowest BCUT2D eigenvalue weighted by atomic mass is 10.0. The van der Waals surface area contributed by atoms with Crippen molar-refractivity contribution in [1.82, 2.24) is 15.0 Å². The van der Waals surface area contributed by atoms with Gasteiger partial charge in [0.25, 0.3) is 11.2 Å². The number of non-ortho nitro benzene ring substituents is 1. The van der Waals surface area contributed by atoms with Gasteiger partial charge in [0, 0.05) is 23.9 Å². The number of nitrogen functional groups attached to an aromatic ring is 1. The number of hydrogen-bond acceptors (Lipinski definition) is 6. The van der Waals surface area contributed by atoms with Crippen LogP contribution in [0.3, 0.4) is 0 Å². The Balaban J connectivity index is 2.15. The molecule has 0 unspecified atom stereocenters. The van der Waals surface area contributed by atoms with Crippen LogP contribution in [0.2, 0.25) is 0 Å². The minimum atomic E-state index is -0.590. The lowest BCUT2D eigenvalue weighted by Gasteiger charge is -2.00. The van der Waals surface area contributed by atoms with E-state index in [9.17, 15) is 19.7 Å². The first-order valence-corrected chi connectivity index (χ1v) is 6.13. The summed E-state index contributed by atoms with van der Waals surface area (Å²) in [5, 5.41) is 10.8. The first kappa shape index (κ1) is 13.5. The fourth-order valence-electron chi connectivity index (χ4n) is 2.12. The molecule has 9 nitrogen and oxygen atoms in total. The summed E-state index contributed by atoms with van der Waals surface area (Å²) < 4.78 is 0. The van der Waals surface area contributed by atoms with Crippen molar-refractivity contribution in [3.05, 3.63) is 62.1 Å². The maximum absolute atomic E-state index is 12.5. The van der Waals surface area contributed by atoms with Crippen LogP contribution in [0.4, 0.5) is 11.6 Å². The van der Waals surface area contributed by atoms with Crippen LogP contribution in [0.25, 0.3) is 11.0 Å². The number of hydrogen-bond donors (Lipinski definition) is 3. The molecule has 0 saturated carbocycles. The third kappa shape index (κ3) is 2.10. The Morgan fingerprint density at radius 3 is 2.86 bits per heavy atom. The number of nitro benzene ring substituents is 1. The minimum Gasteiger partial charge on any atom is -0.369 e. The van der Waals surface area contributed by atoms with Crippen LogP contribution >= 0.6 is 0 Å². The maximum atomic E-state index is 12.5. The molecule has 3 rings (SSSR count). The number of rotatable bonds is 3. The number of ketones is 1. The second-order valence-corrected chi connectivity index (χ2v) is 4.51. The summed E-state index contributed by atoms with van der Waals surface area (Å²) in [7, 11) is 0. The smallest absolute Gasteiger partial charge is 0.276 e. The number of nitro groups is 1. The fourth-order valence-corrected chi connectivity index (χ4v) is 2.12. The Kier molecular flexibility index (Phi) is 2.95. The van der Waals surface area contributed by atoms with Gasteiger partial charge in [-0.1, -0.05) is 12.1 Å². The van der Waals surface area contributed by atoms with E-state index in [1.165, 1.54) is 24.4 Å². The second-order valence-electron chi connectivity index (χ2n) is 4.51. The first-order chi connectivity index (χ1) is 10.5. The molecule has 22 heavy (non-hydrogen) atoms. The highest BCUT2D eigenvalue weighted by atomic mass is 16.6. The summed E-state index contributed by atoms with van der Waals surface area (Å²) in [5.41, 5.74) is 5.25. The Bertz CT molecular complexity index is 972. The van der Waals surface area contributed by atoms with E-state index >= 15 is 0 Å². The van der Waals surface area contributed by atoms with Crippen molar-refractivity contribution < 1.29 is 9.72 Å². The standard InChI is InChI=1S/C13H9N5O4/c14-13-16-9-8(5-15-10(9)12(20)17-13)11(19)6-2-1-3-7(4-6)18(21)22/h1-5,15H,(H3,14,16,17,20). The molecule has 0 radical (unpaired) electrons. The number of carbonyl (C=O) groups is 1. The van der Waals surface area contributed by atoms with E-state index in [-0.39, 0.29) is 33.8 Å². The summed E-state index contributed by atoms with van der Waals surface area (Å²) >= 11 is 0. The van der Waals surface area contributed by atoms with E-state index in [1.807, 2.05) is 0 Å². The molecule has 0 spiro atoms. The molecule has 0 amide bonds. The van der Waals surface area contributed by atoms with Gasteiger partial charge in [-0.05, 0) is 0 Å². The molecule has 0 aliphatic carbocycles. The van der Waals surface area contributed by atoms with Crippen molar-refractivity contribution in [3.8, 4) is 0 Å². The monoisotopic (exact) mass is 299 g/mol. The van der Waals surface area contributed by atoms with E-state index in [0.29, 0.717) is 0 Å². The van der Waals surface area contributed by atoms with E-state index in [0.717, 1.165) is 6.07 Å². The molecule has 1 aromatic carbocycles. The van der Waals surface area contributed by atoms with Gasteiger partial charge in [0.2, 0.25) is 5.95 Å². The summed E-state index contributed by atoms with van der Waals surface area (Å²) in [6, 6.07) is 5.31. The van der Waals surface area contributed by atoms with Crippen LogP contribution in [0, 0.1) is 10.1 Å². The summed E-state index contributed by atoms with van der Waals surface area (Å²) in [6.45, 7) is 0. The predicted molar refractivity (Wildman–Crippen MR) is 77.7 cm³/mol. The molecule has 2 aromatic heterocycles. The number of H-pyrrole nitrogens is 2. The second kappa shape index (κ2) is 4.81. The lowest BCUT2D eigenvalue weighted by Crippen LogP contribution is -2.11. The van der Waals surface area contributed by atoms with Gasteiger partial charge in [-0.15, -0.1) is 0 Å². The average Bonchev–Trinajstić information content (AvgIpc) is 2.90. The van der Waals surface area contributed by atoms with Crippen LogP contribution in [-0.4, -0.2) is 25.7 Å². The molecule has 4 N–H and O–H groups in total. The molecule has 0 saturated heterocycles. The number of benzene rings is 1. The van der Waals surface area contributed by atoms with Crippen molar-refractivity contribution >= 4 is 28.5 Å². The third-order valence-corrected chi connectivity index (χ3v) is 3.12. The van der Waals surface area contributed by atoms with Gasteiger partial charge in [-0.3, -0.25) is 24.7 Å². The van der Waals surface area contributed by atoms with Crippen molar-refractivity contribution in [2.24, 2.45) is 0 Å². The predicted octanol–water partition coefficient (Wildman–Crippen LogP) is 0.973. The fraction of sp³-hybridized carbons (Fsp3) is 0. The maximum Gasteiger partial charge on any atom is 0.276 e. The van der Waals surface area contributed by atoms with Crippen LogP contribution in [0.1, 0.15) is 15.9 Å². The quantitative estimate of drug-likeness (QED) is 0.373. The Labute approximate surface area is 121 Å². The minimum absolute atomic E-state index is 0.114. The SMILES string of the molecule is Nc1nc2c(C(=O)c3cccc([N+](=O)[O-])c3)c[nH]c2c(=O)[nH]1. The van der Waals surface area contributed by atoms with Gasteiger partial charge in [0.05, 0.1) is 10.5 Å². The van der Waals surface area contributed by atoms with Gasteiger partial charge in [-0.2, -0.15) is 0 Å². The molecule has 2 heterocycles. The molecule has 0 aliphatic rings. The van der Waals surface area contributed by atoms with Gasteiger partial charge >= 0.3 is 0 Å². The number of nitrogens with one attached hydrogen (secondary N) is 2. The number of anilines is 1. The zero-order valence-electron chi connectivity index (χ0n) is 11.0. The molecule has 0 fully saturated rings. The average molecular weight is 299 g/mol. The normalized spacial score (nSPS) is 10.7. The van der Waals surface area contributed by atoms with Gasteiger partial charge in [0.15, 0.2) is 5.78 Å². The van der Waals surface area contributed by atoms with Crippen LogP contribution in [0.5, 0.6) is 0 Å². The molecule has 9 heteroatoms. The zero-order chi connectivity index (χ0) is 15.9. The van der Waals surface area contributed by atoms with Crippen molar-refractivity contribution in [2.45, 2.75) is 0 Å². The van der Waals surface area contributed by atoms with E-state index in [2.05, 4.69) is 15.0 Å². The van der Waals surface area contributed by atoms with Crippen molar-refractivity contribution in [2.75, 3.05) is 5.73 Å². The molecule has 110 valence electrons. The number of fused-ring (bicyclic) bond motifs is 1. The number of nitrogens with zero attached hydrogens (tertiary/aromatic N) is 2. The number of aromatic amines is 2. The van der Waals surface area contributed by atoms with E-state index in [4.69, 9.17) is 5.73 Å². The largest absolute Gasteiger partial charge is 0.369 e. The first-order valence-electron chi connectivity index (χ1n) is 6.13. The Morgan fingerprint density at radius 2 is 2.14 bits per heavy atom. The van der Waals surface area contributed by atoms with Gasteiger partial charge < -0.3 is 10.7 Å². The molecule has 0 atom stereocenters. The van der Waals surface area contributed by atoms with Crippen molar-refractivity contribution in [3.63, 3.8) is 0 Å². The van der Waals surface area contributed by atoms with Crippen LogP contribution in [0.15, 0.2) is 35.3 Å². The Hall–Kier alpha value is -3.49. The highest BCUT2D eigenvalue weighted by Crippen LogP contribution is 2.20. The highest BCUT2D eigenvalue weighted by Gasteiger charge is 2.19. The molecule has 3 aromatic rings. The topological polar surface area (TPSA) is 148 Å². The lowest BCUT2D eigenvalue weighted by molar-refractivity contribution is -0.384.